The first-order chi connectivity index (χ1) is 12.6. The van der Waals surface area contributed by atoms with Gasteiger partial charge in [-0.15, -0.1) is 0 Å². The van der Waals surface area contributed by atoms with E-state index >= 15 is 0 Å². The van der Waals surface area contributed by atoms with Crippen LogP contribution >= 0.6 is 0 Å². The SMILES string of the molecule is Cc1cnc(Nc2ccc(F)cc2)nc1Nn1c(=O)oc2ccccc21. The lowest BCUT2D eigenvalue weighted by Gasteiger charge is -2.11. The molecule has 0 amide bonds. The van der Waals surface area contributed by atoms with E-state index in [1.807, 2.05) is 13.0 Å². The van der Waals surface area contributed by atoms with Crippen molar-refractivity contribution < 1.29 is 8.81 Å². The van der Waals surface area contributed by atoms with Gasteiger partial charge in [-0.05, 0) is 43.3 Å². The molecule has 2 aromatic heterocycles. The molecule has 26 heavy (non-hydrogen) atoms. The number of anilines is 3. The Morgan fingerprint density at radius 2 is 1.88 bits per heavy atom. The molecule has 0 saturated heterocycles. The second-order valence-electron chi connectivity index (χ2n) is 5.64. The van der Waals surface area contributed by atoms with E-state index in [1.54, 1.807) is 36.5 Å². The quantitative estimate of drug-likeness (QED) is 0.586. The molecular weight excluding hydrogens is 337 g/mol. The molecule has 0 aliphatic rings. The van der Waals surface area contributed by atoms with E-state index in [9.17, 15) is 9.18 Å². The Labute approximate surface area is 147 Å². The van der Waals surface area contributed by atoms with Gasteiger partial charge in [0.15, 0.2) is 11.4 Å². The first-order valence-electron chi connectivity index (χ1n) is 7.84. The highest BCUT2D eigenvalue weighted by molar-refractivity contribution is 5.73. The van der Waals surface area contributed by atoms with E-state index < -0.39 is 5.76 Å². The molecule has 0 bridgehead atoms. The van der Waals surface area contributed by atoms with Crippen LogP contribution in [-0.2, 0) is 0 Å². The van der Waals surface area contributed by atoms with Crippen LogP contribution in [0.4, 0.5) is 21.8 Å². The Hall–Kier alpha value is -3.68. The fourth-order valence-corrected chi connectivity index (χ4v) is 2.46. The zero-order chi connectivity index (χ0) is 18.1. The first kappa shape index (κ1) is 15.8. The zero-order valence-corrected chi connectivity index (χ0v) is 13.7. The molecule has 130 valence electrons. The normalized spacial score (nSPS) is 10.8. The summed E-state index contributed by atoms with van der Waals surface area (Å²) < 4.78 is 19.5. The van der Waals surface area contributed by atoms with Crippen LogP contribution in [0, 0.1) is 12.7 Å². The van der Waals surface area contributed by atoms with E-state index in [0.29, 0.717) is 28.6 Å². The number of para-hydroxylation sites is 2. The van der Waals surface area contributed by atoms with Gasteiger partial charge in [-0.2, -0.15) is 9.66 Å². The third-order valence-electron chi connectivity index (χ3n) is 3.78. The first-order valence-corrected chi connectivity index (χ1v) is 7.84. The van der Waals surface area contributed by atoms with E-state index in [4.69, 9.17) is 4.42 Å². The summed E-state index contributed by atoms with van der Waals surface area (Å²) in [4.78, 5) is 20.7. The molecule has 2 aromatic carbocycles. The van der Waals surface area contributed by atoms with E-state index in [2.05, 4.69) is 20.7 Å². The predicted molar refractivity (Wildman–Crippen MR) is 95.9 cm³/mol. The molecule has 0 saturated carbocycles. The van der Waals surface area contributed by atoms with Crippen LogP contribution < -0.4 is 16.5 Å². The number of nitrogens with zero attached hydrogens (tertiary/aromatic N) is 3. The standard InChI is InChI=1S/C18H14FN5O2/c1-11-10-20-17(21-13-8-6-12(19)7-9-13)22-16(11)23-24-14-4-2-3-5-15(14)26-18(24)25/h2-10H,1H3,(H2,20,21,22,23). The van der Waals surface area contributed by atoms with E-state index in [1.165, 1.54) is 16.8 Å². The van der Waals surface area contributed by atoms with Crippen molar-refractivity contribution in [3.63, 3.8) is 0 Å². The van der Waals surface area contributed by atoms with Crippen molar-refractivity contribution >= 4 is 28.6 Å². The number of benzene rings is 2. The summed E-state index contributed by atoms with van der Waals surface area (Å²) >= 11 is 0. The minimum absolute atomic E-state index is 0.311. The average Bonchev–Trinajstić information content (AvgIpc) is 2.95. The molecule has 0 atom stereocenters. The number of halogens is 1. The molecule has 8 heteroatoms. The number of aryl methyl sites for hydroxylation is 1. The van der Waals surface area contributed by atoms with Gasteiger partial charge in [0.1, 0.15) is 11.3 Å². The minimum Gasteiger partial charge on any atom is -0.406 e. The molecule has 7 nitrogen and oxygen atoms in total. The van der Waals surface area contributed by atoms with Gasteiger partial charge in [0.05, 0.1) is 0 Å². The zero-order valence-electron chi connectivity index (χ0n) is 13.7. The van der Waals surface area contributed by atoms with Gasteiger partial charge >= 0.3 is 5.76 Å². The number of aromatic nitrogens is 3. The molecule has 2 N–H and O–H groups in total. The third-order valence-corrected chi connectivity index (χ3v) is 3.78. The van der Waals surface area contributed by atoms with Crippen LogP contribution in [-0.4, -0.2) is 14.6 Å². The maximum absolute atomic E-state index is 13.0. The monoisotopic (exact) mass is 351 g/mol. The highest BCUT2D eigenvalue weighted by Crippen LogP contribution is 2.19. The van der Waals surface area contributed by atoms with Crippen molar-refractivity contribution in [2.45, 2.75) is 6.92 Å². The van der Waals surface area contributed by atoms with Gasteiger partial charge in [-0.25, -0.2) is 14.2 Å². The second-order valence-corrected chi connectivity index (χ2v) is 5.64. The number of oxazole rings is 1. The van der Waals surface area contributed by atoms with Crippen molar-refractivity contribution in [2.24, 2.45) is 0 Å². The van der Waals surface area contributed by atoms with Crippen LogP contribution in [0.3, 0.4) is 0 Å². The van der Waals surface area contributed by atoms with Gasteiger partial charge < -0.3 is 9.73 Å². The lowest BCUT2D eigenvalue weighted by atomic mass is 10.3. The van der Waals surface area contributed by atoms with Crippen molar-refractivity contribution in [3.05, 3.63) is 76.7 Å². The van der Waals surface area contributed by atoms with Gasteiger partial charge in [0.2, 0.25) is 5.95 Å². The van der Waals surface area contributed by atoms with Gasteiger partial charge in [-0.3, -0.25) is 5.43 Å². The smallest absolute Gasteiger partial charge is 0.406 e. The lowest BCUT2D eigenvalue weighted by molar-refractivity contribution is 0.532. The van der Waals surface area contributed by atoms with Crippen LogP contribution in [0.2, 0.25) is 0 Å². The van der Waals surface area contributed by atoms with Crippen LogP contribution in [0.1, 0.15) is 5.56 Å². The number of nitrogens with one attached hydrogen (secondary N) is 2. The molecule has 0 aliphatic carbocycles. The fourth-order valence-electron chi connectivity index (χ4n) is 2.46. The topological polar surface area (TPSA) is 85.0 Å². The summed E-state index contributed by atoms with van der Waals surface area (Å²) in [5.41, 5.74) is 5.42. The molecule has 0 fully saturated rings. The molecular formula is C18H14FN5O2. The van der Waals surface area contributed by atoms with Crippen molar-refractivity contribution in [3.8, 4) is 0 Å². The lowest BCUT2D eigenvalue weighted by Crippen LogP contribution is -2.23. The highest BCUT2D eigenvalue weighted by atomic mass is 19.1. The summed E-state index contributed by atoms with van der Waals surface area (Å²) in [7, 11) is 0. The summed E-state index contributed by atoms with van der Waals surface area (Å²) in [5, 5.41) is 2.99. The summed E-state index contributed by atoms with van der Waals surface area (Å²) in [6.45, 7) is 1.82. The number of hydrogen-bond acceptors (Lipinski definition) is 6. The molecule has 0 unspecified atom stereocenters. The fraction of sp³-hybridized carbons (Fsp3) is 0.0556. The van der Waals surface area contributed by atoms with Crippen LogP contribution in [0.5, 0.6) is 0 Å². The molecule has 4 aromatic rings. The highest BCUT2D eigenvalue weighted by Gasteiger charge is 2.11. The van der Waals surface area contributed by atoms with Crippen LogP contribution in [0.25, 0.3) is 11.1 Å². The second kappa shape index (κ2) is 6.32. The largest absolute Gasteiger partial charge is 0.439 e. The molecule has 4 rings (SSSR count). The molecule has 0 radical (unpaired) electrons. The Bertz CT molecular complexity index is 1130. The Morgan fingerprint density at radius 3 is 2.69 bits per heavy atom. The maximum atomic E-state index is 13.0. The summed E-state index contributed by atoms with van der Waals surface area (Å²) in [5.74, 6) is -0.116. The summed E-state index contributed by atoms with van der Waals surface area (Å²) in [6, 6.07) is 12.9. The molecule has 0 aliphatic heterocycles. The Balaban J connectivity index is 1.67. The Kier molecular flexibility index (Phi) is 3.85. The van der Waals surface area contributed by atoms with Gasteiger partial charge in [0, 0.05) is 17.4 Å². The van der Waals surface area contributed by atoms with E-state index in [-0.39, 0.29) is 5.82 Å². The average molecular weight is 351 g/mol. The summed E-state index contributed by atoms with van der Waals surface area (Å²) in [6.07, 6.45) is 1.62. The number of fused-ring (bicyclic) bond motifs is 1. The number of rotatable bonds is 4. The van der Waals surface area contributed by atoms with Crippen LogP contribution in [0.15, 0.2) is 63.9 Å². The Morgan fingerprint density at radius 1 is 1.12 bits per heavy atom. The third kappa shape index (κ3) is 3.00. The number of hydrogen-bond donors (Lipinski definition) is 2. The predicted octanol–water partition coefficient (Wildman–Crippen LogP) is 3.45. The van der Waals surface area contributed by atoms with Gasteiger partial charge in [-0.1, -0.05) is 12.1 Å². The minimum atomic E-state index is -0.544. The van der Waals surface area contributed by atoms with Crippen molar-refractivity contribution in [1.82, 2.24) is 14.6 Å². The van der Waals surface area contributed by atoms with Crippen molar-refractivity contribution in [2.75, 3.05) is 10.7 Å². The van der Waals surface area contributed by atoms with Gasteiger partial charge in [0.25, 0.3) is 0 Å². The van der Waals surface area contributed by atoms with Crippen molar-refractivity contribution in [1.29, 1.82) is 0 Å². The van der Waals surface area contributed by atoms with E-state index in [0.717, 1.165) is 5.56 Å². The maximum Gasteiger partial charge on any atom is 0.439 e. The molecule has 0 spiro atoms. The molecule has 2 heterocycles.